The molecule has 22 heavy (non-hydrogen) atoms. The Balaban J connectivity index is 1.83. The van der Waals surface area contributed by atoms with Crippen LogP contribution in [0, 0.1) is 5.92 Å². The molecule has 1 aromatic carbocycles. The minimum absolute atomic E-state index is 0.135. The van der Waals surface area contributed by atoms with Crippen molar-refractivity contribution in [3.63, 3.8) is 0 Å². The van der Waals surface area contributed by atoms with E-state index in [4.69, 9.17) is 0 Å². The summed E-state index contributed by atoms with van der Waals surface area (Å²) in [6.07, 6.45) is 1.34. The topological polar surface area (TPSA) is 92.3 Å². The maximum atomic E-state index is 12.0. The van der Waals surface area contributed by atoms with Crippen LogP contribution in [-0.2, 0) is 14.6 Å². The minimum atomic E-state index is -2.87. The first-order valence-corrected chi connectivity index (χ1v) is 9.04. The molecule has 0 spiro atoms. The van der Waals surface area contributed by atoms with Crippen LogP contribution >= 0.6 is 0 Å². The summed E-state index contributed by atoms with van der Waals surface area (Å²) in [7, 11) is -2.87. The van der Waals surface area contributed by atoms with Gasteiger partial charge in [-0.1, -0.05) is 6.07 Å². The molecule has 120 valence electrons. The highest BCUT2D eigenvalue weighted by Crippen LogP contribution is 2.21. The van der Waals surface area contributed by atoms with Gasteiger partial charge in [-0.2, -0.15) is 0 Å². The van der Waals surface area contributed by atoms with Crippen LogP contribution in [-0.4, -0.2) is 38.3 Å². The molecule has 0 bridgehead atoms. The summed E-state index contributed by atoms with van der Waals surface area (Å²) < 4.78 is 22.7. The predicted octanol–water partition coefficient (Wildman–Crippen LogP) is 1.20. The summed E-state index contributed by atoms with van der Waals surface area (Å²) in [6.45, 7) is 1.85. The van der Waals surface area contributed by atoms with Gasteiger partial charge in [0, 0.05) is 24.7 Å². The number of benzene rings is 1. The molecule has 2 N–H and O–H groups in total. The zero-order valence-corrected chi connectivity index (χ0v) is 13.3. The average Bonchev–Trinajstić information content (AvgIpc) is 2.77. The van der Waals surface area contributed by atoms with Crippen molar-refractivity contribution in [1.29, 1.82) is 0 Å². The lowest BCUT2D eigenvalue weighted by atomic mass is 10.1. The number of carbonyl (C=O) groups excluding carboxylic acids is 2. The van der Waals surface area contributed by atoms with Crippen molar-refractivity contribution in [1.82, 2.24) is 5.32 Å². The Labute approximate surface area is 130 Å². The number of amides is 2. The van der Waals surface area contributed by atoms with Crippen molar-refractivity contribution in [3.8, 4) is 0 Å². The molecule has 0 aromatic heterocycles. The molecular weight excluding hydrogens is 304 g/mol. The van der Waals surface area contributed by atoms with Crippen LogP contribution < -0.4 is 10.6 Å². The van der Waals surface area contributed by atoms with Crippen LogP contribution in [0.1, 0.15) is 30.1 Å². The van der Waals surface area contributed by atoms with E-state index >= 15 is 0 Å². The van der Waals surface area contributed by atoms with Crippen LogP contribution in [0.15, 0.2) is 24.3 Å². The summed E-state index contributed by atoms with van der Waals surface area (Å²) in [5, 5.41) is 5.41. The van der Waals surface area contributed by atoms with Gasteiger partial charge in [-0.3, -0.25) is 9.59 Å². The highest BCUT2D eigenvalue weighted by Gasteiger charge is 2.27. The summed E-state index contributed by atoms with van der Waals surface area (Å²) in [6, 6.07) is 6.68. The fourth-order valence-electron chi connectivity index (χ4n) is 2.53. The molecule has 1 aliphatic rings. The van der Waals surface area contributed by atoms with Gasteiger partial charge in [-0.25, -0.2) is 8.42 Å². The van der Waals surface area contributed by atoms with Crippen LogP contribution in [0.25, 0.3) is 0 Å². The van der Waals surface area contributed by atoms with Gasteiger partial charge in [0.1, 0.15) is 0 Å². The van der Waals surface area contributed by atoms with E-state index in [1.165, 1.54) is 6.92 Å². The van der Waals surface area contributed by atoms with Gasteiger partial charge in [0.25, 0.3) is 5.91 Å². The van der Waals surface area contributed by atoms with E-state index < -0.39 is 9.84 Å². The molecule has 0 radical (unpaired) electrons. The zero-order valence-electron chi connectivity index (χ0n) is 12.5. The third-order valence-corrected chi connectivity index (χ3v) is 5.45. The SMILES string of the molecule is CC(=O)Nc1cccc(C(=O)NCCC2CCS(=O)(=O)C2)c1. The quantitative estimate of drug-likeness (QED) is 0.851. The summed E-state index contributed by atoms with van der Waals surface area (Å²) in [5.74, 6) is 0.190. The fraction of sp³-hybridized carbons (Fsp3) is 0.467. The molecule has 1 saturated heterocycles. The Morgan fingerprint density at radius 2 is 2.09 bits per heavy atom. The highest BCUT2D eigenvalue weighted by atomic mass is 32.2. The fourth-order valence-corrected chi connectivity index (χ4v) is 4.44. The smallest absolute Gasteiger partial charge is 0.251 e. The summed E-state index contributed by atoms with van der Waals surface area (Å²) in [5.41, 5.74) is 1.03. The van der Waals surface area contributed by atoms with Gasteiger partial charge in [-0.15, -0.1) is 0 Å². The molecule has 6 nitrogen and oxygen atoms in total. The zero-order chi connectivity index (χ0) is 16.2. The number of hydrogen-bond donors (Lipinski definition) is 2. The Hall–Kier alpha value is -1.89. The first-order chi connectivity index (χ1) is 10.4. The second kappa shape index (κ2) is 6.91. The van der Waals surface area contributed by atoms with E-state index in [9.17, 15) is 18.0 Å². The maximum absolute atomic E-state index is 12.0. The molecule has 0 aliphatic carbocycles. The monoisotopic (exact) mass is 324 g/mol. The lowest BCUT2D eigenvalue weighted by molar-refractivity contribution is -0.114. The third-order valence-electron chi connectivity index (χ3n) is 3.61. The molecule has 1 aromatic rings. The molecular formula is C15H20N2O4S. The normalized spacial score (nSPS) is 19.6. The third kappa shape index (κ3) is 4.84. The second-order valence-corrected chi connectivity index (χ2v) is 7.80. The molecule has 1 aliphatic heterocycles. The number of rotatable bonds is 5. The average molecular weight is 324 g/mol. The molecule has 7 heteroatoms. The first kappa shape index (κ1) is 16.5. The number of anilines is 1. The Morgan fingerprint density at radius 3 is 2.73 bits per heavy atom. The number of sulfone groups is 1. The van der Waals surface area contributed by atoms with Crippen LogP contribution in [0.2, 0.25) is 0 Å². The molecule has 1 unspecified atom stereocenters. The van der Waals surface area contributed by atoms with Crippen LogP contribution in [0.3, 0.4) is 0 Å². The molecule has 1 atom stereocenters. The van der Waals surface area contributed by atoms with E-state index in [1.807, 2.05) is 0 Å². The first-order valence-electron chi connectivity index (χ1n) is 7.22. The van der Waals surface area contributed by atoms with Crippen molar-refractivity contribution >= 4 is 27.3 Å². The van der Waals surface area contributed by atoms with Gasteiger partial charge >= 0.3 is 0 Å². The van der Waals surface area contributed by atoms with Crippen molar-refractivity contribution in [2.75, 3.05) is 23.4 Å². The van der Waals surface area contributed by atoms with E-state index in [2.05, 4.69) is 10.6 Å². The lowest BCUT2D eigenvalue weighted by Gasteiger charge is -2.10. The number of hydrogen-bond acceptors (Lipinski definition) is 4. The number of nitrogens with one attached hydrogen (secondary N) is 2. The van der Waals surface area contributed by atoms with Crippen molar-refractivity contribution in [2.45, 2.75) is 19.8 Å². The number of carbonyl (C=O) groups is 2. The van der Waals surface area contributed by atoms with Crippen molar-refractivity contribution in [2.24, 2.45) is 5.92 Å². The largest absolute Gasteiger partial charge is 0.352 e. The van der Waals surface area contributed by atoms with Crippen LogP contribution in [0.4, 0.5) is 5.69 Å². The summed E-state index contributed by atoms with van der Waals surface area (Å²) >= 11 is 0. The van der Waals surface area contributed by atoms with E-state index in [1.54, 1.807) is 24.3 Å². The highest BCUT2D eigenvalue weighted by molar-refractivity contribution is 7.91. The van der Waals surface area contributed by atoms with Crippen molar-refractivity contribution < 1.29 is 18.0 Å². The standard InChI is InChI=1S/C15H20N2O4S/c1-11(18)17-14-4-2-3-13(9-14)15(19)16-7-5-12-6-8-22(20,21)10-12/h2-4,9,12H,5-8,10H2,1H3,(H,16,19)(H,17,18). The van der Waals surface area contributed by atoms with E-state index in [0.29, 0.717) is 30.6 Å². The molecule has 2 rings (SSSR count). The van der Waals surface area contributed by atoms with Gasteiger partial charge < -0.3 is 10.6 Å². The minimum Gasteiger partial charge on any atom is -0.352 e. The van der Waals surface area contributed by atoms with Crippen molar-refractivity contribution in [3.05, 3.63) is 29.8 Å². The van der Waals surface area contributed by atoms with Gasteiger partial charge in [0.2, 0.25) is 5.91 Å². The Kier molecular flexibility index (Phi) is 5.18. The van der Waals surface area contributed by atoms with Crippen LogP contribution in [0.5, 0.6) is 0 Å². The maximum Gasteiger partial charge on any atom is 0.251 e. The van der Waals surface area contributed by atoms with Gasteiger partial charge in [0.05, 0.1) is 11.5 Å². The summed E-state index contributed by atoms with van der Waals surface area (Å²) in [4.78, 5) is 23.0. The lowest BCUT2D eigenvalue weighted by Crippen LogP contribution is -2.26. The molecule has 1 heterocycles. The molecule has 1 fully saturated rings. The predicted molar refractivity (Wildman–Crippen MR) is 84.5 cm³/mol. The van der Waals surface area contributed by atoms with E-state index in [0.717, 1.165) is 0 Å². The Morgan fingerprint density at radius 1 is 1.32 bits per heavy atom. The second-order valence-electron chi connectivity index (χ2n) is 5.58. The molecule has 0 saturated carbocycles. The van der Waals surface area contributed by atoms with E-state index in [-0.39, 0.29) is 29.2 Å². The van der Waals surface area contributed by atoms with Gasteiger partial charge in [0.15, 0.2) is 9.84 Å². The van der Waals surface area contributed by atoms with Gasteiger partial charge in [-0.05, 0) is 37.0 Å². The molecule has 2 amide bonds. The Bertz CT molecular complexity index is 670.